The highest BCUT2D eigenvalue weighted by molar-refractivity contribution is 9.10. The first-order valence-electron chi connectivity index (χ1n) is 5.50. The summed E-state index contributed by atoms with van der Waals surface area (Å²) >= 11 is 5.42. The third-order valence-electron chi connectivity index (χ3n) is 2.67. The van der Waals surface area contributed by atoms with Gasteiger partial charge in [0.05, 0.1) is 6.10 Å². The minimum absolute atomic E-state index is 0.287. The van der Waals surface area contributed by atoms with Gasteiger partial charge in [-0.05, 0) is 42.9 Å². The molecular weight excluding hydrogens is 286 g/mol. The molecule has 2 nitrogen and oxygen atoms in total. The zero-order valence-electron chi connectivity index (χ0n) is 9.24. The summed E-state index contributed by atoms with van der Waals surface area (Å²) in [5.41, 5.74) is 1.35. The molecule has 0 radical (unpaired) electrons. The summed E-state index contributed by atoms with van der Waals surface area (Å²) in [6.07, 6.45) is 0.839. The van der Waals surface area contributed by atoms with E-state index in [-0.39, 0.29) is 6.10 Å². The fraction of sp³-hybridized carbons (Fsp3) is 0.500. The molecular formula is C12H16BrNOS. The molecule has 0 bridgehead atoms. The number of hydrogen-bond donors (Lipinski definition) is 2. The smallest absolute Gasteiger partial charge is 0.0636 e. The fourth-order valence-electron chi connectivity index (χ4n) is 1.89. The van der Waals surface area contributed by atoms with Gasteiger partial charge in [0.1, 0.15) is 0 Å². The van der Waals surface area contributed by atoms with Crippen LogP contribution in [0.5, 0.6) is 0 Å². The van der Waals surface area contributed by atoms with E-state index in [9.17, 15) is 5.11 Å². The maximum Gasteiger partial charge on any atom is 0.0636 e. The van der Waals surface area contributed by atoms with Crippen LogP contribution in [-0.4, -0.2) is 23.5 Å². The molecule has 0 aromatic heterocycles. The largest absolute Gasteiger partial charge is 0.392 e. The third kappa shape index (κ3) is 3.00. The lowest BCUT2D eigenvalue weighted by Crippen LogP contribution is -2.30. The first kappa shape index (κ1) is 12.4. The van der Waals surface area contributed by atoms with Gasteiger partial charge in [-0.15, -0.1) is 11.8 Å². The highest BCUT2D eigenvalue weighted by Crippen LogP contribution is 2.37. The molecule has 88 valence electrons. The van der Waals surface area contributed by atoms with E-state index < -0.39 is 0 Å². The van der Waals surface area contributed by atoms with Crippen LogP contribution in [0.4, 0.5) is 0 Å². The van der Waals surface area contributed by atoms with E-state index >= 15 is 0 Å². The van der Waals surface area contributed by atoms with Crippen LogP contribution in [0.2, 0.25) is 0 Å². The van der Waals surface area contributed by atoms with Gasteiger partial charge in [0.15, 0.2) is 0 Å². The molecule has 16 heavy (non-hydrogen) atoms. The zero-order chi connectivity index (χ0) is 11.5. The lowest BCUT2D eigenvalue weighted by atomic mass is 10.0. The second-order valence-electron chi connectivity index (χ2n) is 4.13. The SMILES string of the molecule is C[C@H](O)CNC1CCSc2ccc(Br)cc21. The normalized spacial score (nSPS) is 21.6. The first-order chi connectivity index (χ1) is 7.66. The summed E-state index contributed by atoms with van der Waals surface area (Å²) in [6.45, 7) is 2.47. The number of nitrogens with one attached hydrogen (secondary N) is 1. The van der Waals surface area contributed by atoms with Crippen molar-refractivity contribution in [1.29, 1.82) is 0 Å². The van der Waals surface area contributed by atoms with E-state index in [2.05, 4.69) is 39.4 Å². The fourth-order valence-corrected chi connectivity index (χ4v) is 3.37. The van der Waals surface area contributed by atoms with Crippen molar-refractivity contribution >= 4 is 27.7 Å². The van der Waals surface area contributed by atoms with E-state index in [1.165, 1.54) is 10.5 Å². The Labute approximate surface area is 109 Å². The van der Waals surface area contributed by atoms with Crippen LogP contribution in [0.15, 0.2) is 27.6 Å². The van der Waals surface area contributed by atoms with Crippen molar-refractivity contribution in [2.24, 2.45) is 0 Å². The second kappa shape index (κ2) is 5.54. The van der Waals surface area contributed by atoms with Crippen LogP contribution in [0, 0.1) is 0 Å². The highest BCUT2D eigenvalue weighted by Gasteiger charge is 2.20. The first-order valence-corrected chi connectivity index (χ1v) is 7.28. The average molecular weight is 302 g/mol. The summed E-state index contributed by atoms with van der Waals surface area (Å²) in [5, 5.41) is 12.7. The standard InChI is InChI=1S/C12H16BrNOS/c1-8(15)7-14-11-4-5-16-12-3-2-9(13)6-10(11)12/h2-3,6,8,11,14-15H,4-5,7H2,1H3/t8-,11?/m0/s1. The summed E-state index contributed by atoms with van der Waals surface area (Å²) < 4.78 is 1.12. The van der Waals surface area contributed by atoms with Crippen LogP contribution >= 0.6 is 27.7 Å². The number of aliphatic hydroxyl groups excluding tert-OH is 1. The Bertz CT molecular complexity index is 370. The van der Waals surface area contributed by atoms with E-state index in [1.54, 1.807) is 0 Å². The van der Waals surface area contributed by atoms with Crippen molar-refractivity contribution in [3.63, 3.8) is 0 Å². The van der Waals surface area contributed by atoms with E-state index in [0.29, 0.717) is 12.6 Å². The molecule has 4 heteroatoms. The molecule has 2 atom stereocenters. The molecule has 0 amide bonds. The van der Waals surface area contributed by atoms with Crippen LogP contribution in [0.3, 0.4) is 0 Å². The Morgan fingerprint density at radius 2 is 2.44 bits per heavy atom. The van der Waals surface area contributed by atoms with Gasteiger partial charge in [0.25, 0.3) is 0 Å². The van der Waals surface area contributed by atoms with Gasteiger partial charge in [-0.1, -0.05) is 15.9 Å². The van der Waals surface area contributed by atoms with E-state index in [4.69, 9.17) is 0 Å². The quantitative estimate of drug-likeness (QED) is 0.900. The van der Waals surface area contributed by atoms with E-state index in [1.807, 2.05) is 18.7 Å². The number of aliphatic hydroxyl groups is 1. The molecule has 1 unspecified atom stereocenters. The molecule has 1 aromatic carbocycles. The van der Waals surface area contributed by atoms with Crippen molar-refractivity contribution in [3.05, 3.63) is 28.2 Å². The van der Waals surface area contributed by atoms with Crippen molar-refractivity contribution in [2.45, 2.75) is 30.4 Å². The molecule has 1 aromatic rings. The molecule has 0 saturated heterocycles. The van der Waals surface area contributed by atoms with Gasteiger partial charge >= 0.3 is 0 Å². The minimum Gasteiger partial charge on any atom is -0.392 e. The number of thioether (sulfide) groups is 1. The summed E-state index contributed by atoms with van der Waals surface area (Å²) in [5.74, 6) is 1.14. The Hall–Kier alpha value is -0.0300. The topological polar surface area (TPSA) is 32.3 Å². The second-order valence-corrected chi connectivity index (χ2v) is 6.18. The molecule has 0 aliphatic carbocycles. The zero-order valence-corrected chi connectivity index (χ0v) is 11.6. The minimum atomic E-state index is -0.287. The molecule has 2 N–H and O–H groups in total. The van der Waals surface area contributed by atoms with Gasteiger partial charge < -0.3 is 10.4 Å². The Morgan fingerprint density at radius 3 is 3.19 bits per heavy atom. The van der Waals surface area contributed by atoms with Crippen molar-refractivity contribution < 1.29 is 5.11 Å². The lowest BCUT2D eigenvalue weighted by molar-refractivity contribution is 0.185. The number of rotatable bonds is 3. The summed E-state index contributed by atoms with van der Waals surface area (Å²) in [6, 6.07) is 6.81. The third-order valence-corrected chi connectivity index (χ3v) is 4.29. The predicted molar refractivity (Wildman–Crippen MR) is 71.9 cm³/mol. The van der Waals surface area contributed by atoms with Gasteiger partial charge in [-0.25, -0.2) is 0 Å². The monoisotopic (exact) mass is 301 g/mol. The molecule has 1 heterocycles. The van der Waals surface area contributed by atoms with Crippen molar-refractivity contribution in [3.8, 4) is 0 Å². The average Bonchev–Trinajstić information content (AvgIpc) is 2.26. The van der Waals surface area contributed by atoms with Gasteiger partial charge in [0.2, 0.25) is 0 Å². The molecule has 2 rings (SSSR count). The molecule has 1 aliphatic rings. The van der Waals surface area contributed by atoms with Gasteiger partial charge in [-0.3, -0.25) is 0 Å². The highest BCUT2D eigenvalue weighted by atomic mass is 79.9. The van der Waals surface area contributed by atoms with Crippen LogP contribution in [-0.2, 0) is 0 Å². The maximum absolute atomic E-state index is 9.31. The molecule has 0 saturated carbocycles. The predicted octanol–water partition coefficient (Wildman–Crippen LogP) is 2.96. The molecule has 1 aliphatic heterocycles. The summed E-state index contributed by atoms with van der Waals surface area (Å²) in [4.78, 5) is 1.36. The number of fused-ring (bicyclic) bond motifs is 1. The van der Waals surface area contributed by atoms with Gasteiger partial charge in [0, 0.05) is 22.0 Å². The molecule has 0 spiro atoms. The Balaban J connectivity index is 2.15. The lowest BCUT2D eigenvalue weighted by Gasteiger charge is -2.26. The Morgan fingerprint density at radius 1 is 1.62 bits per heavy atom. The van der Waals surface area contributed by atoms with Crippen LogP contribution in [0.25, 0.3) is 0 Å². The van der Waals surface area contributed by atoms with E-state index in [0.717, 1.165) is 16.6 Å². The van der Waals surface area contributed by atoms with Crippen LogP contribution in [0.1, 0.15) is 24.9 Å². The van der Waals surface area contributed by atoms with Crippen molar-refractivity contribution in [2.75, 3.05) is 12.3 Å². The summed E-state index contributed by atoms with van der Waals surface area (Å²) in [7, 11) is 0. The van der Waals surface area contributed by atoms with Crippen LogP contribution < -0.4 is 5.32 Å². The maximum atomic E-state index is 9.31. The Kier molecular flexibility index (Phi) is 4.30. The number of benzene rings is 1. The number of halogens is 1. The van der Waals surface area contributed by atoms with Crippen molar-refractivity contribution in [1.82, 2.24) is 5.32 Å². The van der Waals surface area contributed by atoms with Gasteiger partial charge in [-0.2, -0.15) is 0 Å². The molecule has 0 fully saturated rings. The number of hydrogen-bond acceptors (Lipinski definition) is 3.